The molecule has 0 radical (unpaired) electrons. The fourth-order valence-corrected chi connectivity index (χ4v) is 1.75. The Balaban J connectivity index is 2.74. The molecule has 1 heterocycles. The molecule has 0 aliphatic carbocycles. The Morgan fingerprint density at radius 2 is 1.82 bits per heavy atom. The van der Waals surface area contributed by atoms with Gasteiger partial charge >= 0.3 is 0 Å². The first-order valence-electron chi connectivity index (χ1n) is 6.18. The topological polar surface area (TPSA) is 33.2 Å². The Morgan fingerprint density at radius 1 is 1.24 bits per heavy atom. The van der Waals surface area contributed by atoms with Crippen LogP contribution in [0, 0.1) is 11.8 Å². The van der Waals surface area contributed by atoms with Gasteiger partial charge in [0.05, 0.1) is 0 Å². The first-order chi connectivity index (χ1) is 8.00. The van der Waals surface area contributed by atoms with Crippen LogP contribution in [-0.4, -0.2) is 22.3 Å². The Labute approximate surface area is 104 Å². The van der Waals surface area contributed by atoms with Crippen molar-refractivity contribution < 1.29 is 4.79 Å². The molecule has 0 saturated heterocycles. The maximum Gasteiger partial charge on any atom is 0.225 e. The van der Waals surface area contributed by atoms with Crippen LogP contribution < -0.4 is 0 Å². The van der Waals surface area contributed by atoms with Gasteiger partial charge in [-0.25, -0.2) is 0 Å². The van der Waals surface area contributed by atoms with Crippen LogP contribution in [-0.2, 0) is 11.3 Å². The van der Waals surface area contributed by atoms with Gasteiger partial charge in [-0.15, -0.1) is 0 Å². The van der Waals surface area contributed by atoms with Gasteiger partial charge < -0.3 is 4.90 Å². The molecule has 0 saturated carbocycles. The first-order valence-corrected chi connectivity index (χ1v) is 6.18. The molecule has 1 rings (SSSR count). The third kappa shape index (κ3) is 4.55. The monoisotopic (exact) mass is 234 g/mol. The minimum absolute atomic E-state index is 0.0515. The van der Waals surface area contributed by atoms with Crippen LogP contribution in [0.3, 0.4) is 0 Å². The van der Waals surface area contributed by atoms with Crippen molar-refractivity contribution in [3.63, 3.8) is 0 Å². The van der Waals surface area contributed by atoms with E-state index in [-0.39, 0.29) is 11.8 Å². The number of hydrogen-bond acceptors (Lipinski definition) is 2. The quantitative estimate of drug-likeness (QED) is 0.785. The molecule has 0 atom stereocenters. The minimum atomic E-state index is 0.0515. The first kappa shape index (κ1) is 13.7. The molecule has 0 aliphatic rings. The van der Waals surface area contributed by atoms with E-state index in [0.717, 1.165) is 12.1 Å². The van der Waals surface area contributed by atoms with E-state index in [2.05, 4.69) is 18.8 Å². The highest BCUT2D eigenvalue weighted by Crippen LogP contribution is 2.10. The Morgan fingerprint density at radius 3 is 2.29 bits per heavy atom. The van der Waals surface area contributed by atoms with Gasteiger partial charge in [0.1, 0.15) is 0 Å². The fourth-order valence-electron chi connectivity index (χ4n) is 1.75. The molecule has 0 N–H and O–H groups in total. The minimum Gasteiger partial charge on any atom is -0.338 e. The molecule has 17 heavy (non-hydrogen) atoms. The maximum atomic E-state index is 12.1. The zero-order valence-electron chi connectivity index (χ0n) is 11.2. The molecular formula is C14H22N2O. The van der Waals surface area contributed by atoms with E-state index in [0.29, 0.717) is 12.5 Å². The van der Waals surface area contributed by atoms with E-state index in [1.54, 1.807) is 12.4 Å². The number of carbonyl (C=O) groups is 1. The molecule has 3 heteroatoms. The zero-order chi connectivity index (χ0) is 12.8. The summed E-state index contributed by atoms with van der Waals surface area (Å²) < 4.78 is 0. The van der Waals surface area contributed by atoms with Gasteiger partial charge in [-0.1, -0.05) is 27.7 Å². The Bertz CT molecular complexity index is 346. The van der Waals surface area contributed by atoms with Gasteiger partial charge in [-0.2, -0.15) is 0 Å². The molecule has 0 spiro atoms. The van der Waals surface area contributed by atoms with Crippen LogP contribution in [0.5, 0.6) is 0 Å². The fraction of sp³-hybridized carbons (Fsp3) is 0.571. The molecule has 1 amide bonds. The van der Waals surface area contributed by atoms with E-state index in [1.807, 2.05) is 30.9 Å². The maximum absolute atomic E-state index is 12.1. The molecule has 94 valence electrons. The van der Waals surface area contributed by atoms with E-state index >= 15 is 0 Å². The number of pyridine rings is 1. The lowest BCUT2D eigenvalue weighted by molar-refractivity contribution is -0.135. The summed E-state index contributed by atoms with van der Waals surface area (Å²) in [6, 6.07) is 3.92. The van der Waals surface area contributed by atoms with Crippen molar-refractivity contribution in [3.8, 4) is 0 Å². The van der Waals surface area contributed by atoms with Crippen LogP contribution >= 0.6 is 0 Å². The summed E-state index contributed by atoms with van der Waals surface area (Å²) in [4.78, 5) is 18.0. The normalized spacial score (nSPS) is 10.9. The van der Waals surface area contributed by atoms with E-state index in [9.17, 15) is 4.79 Å². The summed E-state index contributed by atoms with van der Waals surface area (Å²) in [5, 5.41) is 0. The van der Waals surface area contributed by atoms with Gasteiger partial charge in [0.15, 0.2) is 0 Å². The van der Waals surface area contributed by atoms with Crippen molar-refractivity contribution in [2.75, 3.05) is 6.54 Å². The Hall–Kier alpha value is -1.38. The van der Waals surface area contributed by atoms with Crippen LogP contribution in [0.15, 0.2) is 24.5 Å². The van der Waals surface area contributed by atoms with Crippen molar-refractivity contribution in [2.24, 2.45) is 11.8 Å². The molecule has 1 aromatic rings. The van der Waals surface area contributed by atoms with Crippen LogP contribution in [0.1, 0.15) is 33.3 Å². The number of nitrogens with zero attached hydrogens (tertiary/aromatic N) is 2. The number of rotatable bonds is 5. The van der Waals surface area contributed by atoms with Crippen molar-refractivity contribution in [2.45, 2.75) is 34.2 Å². The predicted molar refractivity (Wildman–Crippen MR) is 69.3 cm³/mol. The highest BCUT2D eigenvalue weighted by Gasteiger charge is 2.18. The van der Waals surface area contributed by atoms with E-state index in [4.69, 9.17) is 0 Å². The standard InChI is InChI=1S/C14H22N2O/c1-11(2)9-16(14(17)12(3)4)10-13-5-7-15-8-6-13/h5-8,11-12H,9-10H2,1-4H3. The van der Waals surface area contributed by atoms with Crippen molar-refractivity contribution in [3.05, 3.63) is 30.1 Å². The lowest BCUT2D eigenvalue weighted by atomic mass is 10.1. The van der Waals surface area contributed by atoms with Gasteiger partial charge in [-0.3, -0.25) is 9.78 Å². The second-order valence-corrected chi connectivity index (χ2v) is 5.12. The molecular weight excluding hydrogens is 212 g/mol. The second kappa shape index (κ2) is 6.38. The Kier molecular flexibility index (Phi) is 5.13. The lowest BCUT2D eigenvalue weighted by Gasteiger charge is -2.26. The van der Waals surface area contributed by atoms with Crippen molar-refractivity contribution in [1.29, 1.82) is 0 Å². The summed E-state index contributed by atoms with van der Waals surface area (Å²) in [7, 11) is 0. The third-order valence-corrected chi connectivity index (χ3v) is 2.51. The summed E-state index contributed by atoms with van der Waals surface area (Å²) >= 11 is 0. The highest BCUT2D eigenvalue weighted by molar-refractivity contribution is 5.78. The molecule has 1 aromatic heterocycles. The molecule has 0 bridgehead atoms. The summed E-state index contributed by atoms with van der Waals surface area (Å²) in [6.45, 7) is 9.64. The smallest absolute Gasteiger partial charge is 0.225 e. The summed E-state index contributed by atoms with van der Waals surface area (Å²) in [5.74, 6) is 0.755. The van der Waals surface area contributed by atoms with Gasteiger partial charge in [0.25, 0.3) is 0 Å². The van der Waals surface area contributed by atoms with Gasteiger partial charge in [0.2, 0.25) is 5.91 Å². The van der Waals surface area contributed by atoms with Gasteiger partial charge in [0, 0.05) is 31.4 Å². The molecule has 0 fully saturated rings. The number of hydrogen-bond donors (Lipinski definition) is 0. The average molecular weight is 234 g/mol. The number of aromatic nitrogens is 1. The van der Waals surface area contributed by atoms with E-state index in [1.165, 1.54) is 0 Å². The largest absolute Gasteiger partial charge is 0.338 e. The number of carbonyl (C=O) groups excluding carboxylic acids is 1. The van der Waals surface area contributed by atoms with Crippen LogP contribution in [0.25, 0.3) is 0 Å². The van der Waals surface area contributed by atoms with Crippen molar-refractivity contribution in [1.82, 2.24) is 9.88 Å². The van der Waals surface area contributed by atoms with Gasteiger partial charge in [-0.05, 0) is 23.6 Å². The highest BCUT2D eigenvalue weighted by atomic mass is 16.2. The van der Waals surface area contributed by atoms with E-state index < -0.39 is 0 Å². The molecule has 0 aliphatic heterocycles. The molecule has 0 unspecified atom stereocenters. The summed E-state index contributed by atoms with van der Waals surface area (Å²) in [5.41, 5.74) is 1.13. The summed E-state index contributed by atoms with van der Waals surface area (Å²) in [6.07, 6.45) is 3.53. The van der Waals surface area contributed by atoms with Crippen molar-refractivity contribution >= 4 is 5.91 Å². The number of amides is 1. The average Bonchev–Trinajstić information content (AvgIpc) is 2.28. The third-order valence-electron chi connectivity index (χ3n) is 2.51. The second-order valence-electron chi connectivity index (χ2n) is 5.12. The zero-order valence-corrected chi connectivity index (χ0v) is 11.2. The lowest BCUT2D eigenvalue weighted by Crippen LogP contribution is -2.36. The van der Waals surface area contributed by atoms with Crippen LogP contribution in [0.2, 0.25) is 0 Å². The van der Waals surface area contributed by atoms with Crippen LogP contribution in [0.4, 0.5) is 0 Å². The molecule has 3 nitrogen and oxygen atoms in total. The predicted octanol–water partition coefficient (Wildman–Crippen LogP) is 2.72. The SMILES string of the molecule is CC(C)CN(Cc1ccncc1)C(=O)C(C)C. The molecule has 0 aromatic carbocycles.